The molecule has 1 aromatic carbocycles. The maximum atomic E-state index is 15.4. The van der Waals surface area contributed by atoms with Crippen LogP contribution < -0.4 is 5.43 Å². The Morgan fingerprint density at radius 1 is 0.923 bits per heavy atom. The van der Waals surface area contributed by atoms with Crippen molar-refractivity contribution in [1.82, 2.24) is 20.2 Å². The molecule has 6 rings (SSSR count). The smallest absolute Gasteiger partial charge is 0.259 e. The third kappa shape index (κ3) is 4.99. The Morgan fingerprint density at radius 2 is 1.54 bits per heavy atom. The number of carbonyl (C=O) groups is 2. The molecule has 9 heteroatoms. The summed E-state index contributed by atoms with van der Waals surface area (Å²) in [5.74, 6) is -1.86. The summed E-state index contributed by atoms with van der Waals surface area (Å²) in [6, 6.07) is 3.05. The Kier molecular flexibility index (Phi) is 7.21. The van der Waals surface area contributed by atoms with Crippen LogP contribution >= 0.6 is 0 Å². The molecule has 0 radical (unpaired) electrons. The molecule has 2 N–H and O–H groups in total. The molecular weight excluding hydrogens is 502 g/mol. The highest BCUT2D eigenvalue weighted by Crippen LogP contribution is 2.53. The van der Waals surface area contributed by atoms with Gasteiger partial charge in [-0.05, 0) is 74.5 Å². The van der Waals surface area contributed by atoms with Crippen LogP contribution in [0.1, 0.15) is 92.5 Å². The minimum atomic E-state index is -1.25. The number of carbonyl (C=O) groups excluding carboxylic acids is 2. The second-order valence-corrected chi connectivity index (χ2v) is 12.9. The molecule has 39 heavy (non-hydrogen) atoms. The number of rotatable bonds is 4. The summed E-state index contributed by atoms with van der Waals surface area (Å²) in [6.45, 7) is 1.91. The number of hydrazine groups is 1. The molecular formula is C30H42F2N4O3. The van der Waals surface area contributed by atoms with Crippen molar-refractivity contribution in [2.24, 2.45) is 11.3 Å². The van der Waals surface area contributed by atoms with Crippen LogP contribution in [0.15, 0.2) is 12.1 Å². The largest absolute Gasteiger partial charge is 0.380 e. The van der Waals surface area contributed by atoms with E-state index in [1.165, 1.54) is 55.6 Å². The molecule has 5 aliphatic rings. The molecule has 2 amide bonds. The Bertz CT molecular complexity index is 1090. The van der Waals surface area contributed by atoms with E-state index in [-0.39, 0.29) is 43.4 Å². The monoisotopic (exact) mass is 544 g/mol. The van der Waals surface area contributed by atoms with Gasteiger partial charge in [-0.15, -0.1) is 0 Å². The van der Waals surface area contributed by atoms with E-state index in [9.17, 15) is 14.7 Å². The lowest BCUT2D eigenvalue weighted by atomic mass is 9.59. The van der Waals surface area contributed by atoms with Crippen LogP contribution in [0.25, 0.3) is 0 Å². The maximum Gasteiger partial charge on any atom is 0.259 e. The van der Waals surface area contributed by atoms with Crippen molar-refractivity contribution in [3.63, 3.8) is 0 Å². The van der Waals surface area contributed by atoms with Crippen LogP contribution in [0.4, 0.5) is 8.78 Å². The third-order valence-electron chi connectivity index (χ3n) is 10.5. The number of piperazine rings is 1. The van der Waals surface area contributed by atoms with E-state index < -0.39 is 28.7 Å². The summed E-state index contributed by atoms with van der Waals surface area (Å²) in [7, 11) is 2.11. The predicted molar refractivity (Wildman–Crippen MR) is 143 cm³/mol. The molecule has 3 atom stereocenters. The van der Waals surface area contributed by atoms with E-state index in [1.807, 2.05) is 0 Å². The van der Waals surface area contributed by atoms with E-state index in [1.54, 1.807) is 4.90 Å². The van der Waals surface area contributed by atoms with Gasteiger partial charge >= 0.3 is 0 Å². The normalized spacial score (nSPS) is 31.6. The van der Waals surface area contributed by atoms with Gasteiger partial charge in [0.25, 0.3) is 11.8 Å². The first-order chi connectivity index (χ1) is 18.7. The van der Waals surface area contributed by atoms with Gasteiger partial charge in [0.1, 0.15) is 22.8 Å². The number of aliphatic hydroxyl groups is 1. The fraction of sp³-hybridized carbons (Fsp3) is 0.733. The van der Waals surface area contributed by atoms with Crippen LogP contribution in [0.2, 0.25) is 0 Å². The van der Waals surface area contributed by atoms with E-state index in [2.05, 4.69) is 17.5 Å². The van der Waals surface area contributed by atoms with Gasteiger partial charge < -0.3 is 14.9 Å². The highest BCUT2D eigenvalue weighted by atomic mass is 19.1. The van der Waals surface area contributed by atoms with Crippen molar-refractivity contribution in [1.29, 1.82) is 0 Å². The zero-order valence-corrected chi connectivity index (χ0v) is 23.1. The zero-order chi connectivity index (χ0) is 27.4. The molecule has 3 unspecified atom stereocenters. The van der Waals surface area contributed by atoms with Crippen LogP contribution in [0.5, 0.6) is 0 Å². The van der Waals surface area contributed by atoms with Crippen LogP contribution in [0, 0.1) is 23.0 Å². The molecule has 2 saturated heterocycles. The van der Waals surface area contributed by atoms with E-state index in [0.717, 1.165) is 25.8 Å². The number of nitrogens with zero attached hydrogens (tertiary/aromatic N) is 3. The Balaban J connectivity index is 1.14. The van der Waals surface area contributed by atoms with Crippen LogP contribution in [-0.4, -0.2) is 83.1 Å². The van der Waals surface area contributed by atoms with Gasteiger partial charge in [-0.3, -0.25) is 15.0 Å². The van der Waals surface area contributed by atoms with Gasteiger partial charge in [-0.1, -0.05) is 25.7 Å². The lowest BCUT2D eigenvalue weighted by molar-refractivity contribution is -0.143. The minimum absolute atomic E-state index is 0.0452. The molecule has 0 spiro atoms. The molecule has 3 saturated carbocycles. The average molecular weight is 545 g/mol. The molecule has 2 aliphatic heterocycles. The second-order valence-electron chi connectivity index (χ2n) is 12.9. The summed E-state index contributed by atoms with van der Waals surface area (Å²) >= 11 is 0. The predicted octanol–water partition coefficient (Wildman–Crippen LogP) is 3.82. The van der Waals surface area contributed by atoms with E-state index >= 15 is 8.78 Å². The van der Waals surface area contributed by atoms with Gasteiger partial charge in [0.15, 0.2) is 0 Å². The van der Waals surface area contributed by atoms with Crippen molar-refractivity contribution in [2.45, 2.75) is 88.2 Å². The number of amides is 2. The fourth-order valence-corrected chi connectivity index (χ4v) is 8.08. The number of benzene rings is 1. The topological polar surface area (TPSA) is 76.1 Å². The van der Waals surface area contributed by atoms with Crippen molar-refractivity contribution in [3.05, 3.63) is 34.9 Å². The van der Waals surface area contributed by atoms with Gasteiger partial charge in [0, 0.05) is 51.2 Å². The molecule has 0 aromatic heterocycles. The first kappa shape index (κ1) is 27.1. The third-order valence-corrected chi connectivity index (χ3v) is 10.5. The molecule has 3 aliphatic carbocycles. The van der Waals surface area contributed by atoms with Crippen molar-refractivity contribution in [3.8, 4) is 0 Å². The number of fused-ring (bicyclic) bond motifs is 1. The highest BCUT2D eigenvalue weighted by molar-refractivity contribution is 5.95. The molecule has 5 fully saturated rings. The molecule has 7 nitrogen and oxygen atoms in total. The lowest BCUT2D eigenvalue weighted by Crippen LogP contribution is -2.53. The average Bonchev–Trinajstić information content (AvgIpc) is 3.65. The lowest BCUT2D eigenvalue weighted by Gasteiger charge is -2.46. The first-order valence-electron chi connectivity index (χ1n) is 15.0. The number of hydrogen-bond acceptors (Lipinski definition) is 5. The molecule has 0 bridgehead atoms. The fourth-order valence-electron chi connectivity index (χ4n) is 8.08. The van der Waals surface area contributed by atoms with E-state index in [0.29, 0.717) is 30.4 Å². The van der Waals surface area contributed by atoms with Crippen LogP contribution in [0.3, 0.4) is 0 Å². The van der Waals surface area contributed by atoms with Gasteiger partial charge in [-0.25, -0.2) is 13.8 Å². The zero-order valence-electron chi connectivity index (χ0n) is 23.1. The minimum Gasteiger partial charge on any atom is -0.380 e. The van der Waals surface area contributed by atoms with Gasteiger partial charge in [0.05, 0.1) is 0 Å². The Morgan fingerprint density at radius 3 is 2.15 bits per heavy atom. The van der Waals surface area contributed by atoms with Crippen molar-refractivity contribution >= 4 is 11.8 Å². The summed E-state index contributed by atoms with van der Waals surface area (Å²) in [5.41, 5.74) is 2.78. The first-order valence-corrected chi connectivity index (χ1v) is 15.0. The highest BCUT2D eigenvalue weighted by Gasteiger charge is 2.53. The summed E-state index contributed by atoms with van der Waals surface area (Å²) in [6.07, 6.45) is 11.5. The Labute approximate surface area is 229 Å². The van der Waals surface area contributed by atoms with Crippen molar-refractivity contribution in [2.75, 3.05) is 39.8 Å². The van der Waals surface area contributed by atoms with E-state index in [4.69, 9.17) is 0 Å². The summed E-state index contributed by atoms with van der Waals surface area (Å²) in [4.78, 5) is 28.5. The quantitative estimate of drug-likeness (QED) is 0.564. The standard InChI is InChI=1S/C30H42F2N4O3/c1-34-19-29(22-6-4-2-3-5-7-22)9-8-20(18-25(29)33-34)21-16-23(31)26(24(32)17-21)27(37)35-12-14-36(15-13-35)28(38)30(39)10-11-30/h16-17,20,22,25,33,39H,2-15,18-19H2,1H3. The molecule has 1 aromatic rings. The SMILES string of the molecule is CN1CC2(C3CCCCCC3)CCC(c3cc(F)c(C(=O)N4CCN(C(=O)C5(O)CC5)CC4)c(F)c3)CC2N1. The van der Waals surface area contributed by atoms with Crippen LogP contribution in [-0.2, 0) is 4.79 Å². The van der Waals surface area contributed by atoms with Gasteiger partial charge in [-0.2, -0.15) is 0 Å². The number of hydrogen-bond donors (Lipinski definition) is 2. The molecule has 2 heterocycles. The maximum absolute atomic E-state index is 15.4. The Hall–Kier alpha value is -2.10. The second kappa shape index (κ2) is 10.4. The summed E-state index contributed by atoms with van der Waals surface area (Å²) < 4.78 is 30.7. The van der Waals surface area contributed by atoms with Gasteiger partial charge in [0.2, 0.25) is 0 Å². The number of nitrogens with one attached hydrogen (secondary N) is 1. The van der Waals surface area contributed by atoms with Crippen molar-refractivity contribution < 1.29 is 23.5 Å². The molecule has 214 valence electrons. The number of halogens is 2. The summed E-state index contributed by atoms with van der Waals surface area (Å²) in [5, 5.41) is 12.3.